The van der Waals surface area contributed by atoms with Crippen LogP contribution in [0.25, 0.3) is 0 Å². The van der Waals surface area contributed by atoms with Crippen LogP contribution in [-0.2, 0) is 4.74 Å². The molecule has 0 saturated heterocycles. The van der Waals surface area contributed by atoms with Crippen molar-refractivity contribution in [2.24, 2.45) is 4.99 Å². The number of carbonyl (C=O) groups is 1. The highest BCUT2D eigenvalue weighted by molar-refractivity contribution is 6.05. The minimum atomic E-state index is -0.320. The Bertz CT molecular complexity index is 931. The predicted molar refractivity (Wildman–Crippen MR) is 117 cm³/mol. The summed E-state index contributed by atoms with van der Waals surface area (Å²) in [4.78, 5) is 16.6. The van der Waals surface area contributed by atoms with E-state index >= 15 is 0 Å². The Morgan fingerprint density at radius 3 is 2.41 bits per heavy atom. The first-order valence-electron chi connectivity index (χ1n) is 9.45. The number of benzene rings is 2. The average molecular weight is 390 g/mol. The summed E-state index contributed by atoms with van der Waals surface area (Å²) in [7, 11) is 0. The number of hydrogen-bond donors (Lipinski definition) is 2. The van der Waals surface area contributed by atoms with Gasteiger partial charge in [-0.15, -0.1) is 0 Å². The summed E-state index contributed by atoms with van der Waals surface area (Å²) in [5, 5.41) is 15.4. The second-order valence-electron chi connectivity index (χ2n) is 6.40. The van der Waals surface area contributed by atoms with E-state index in [1.54, 1.807) is 19.1 Å². The van der Waals surface area contributed by atoms with Crippen LogP contribution in [-0.4, -0.2) is 25.1 Å². The topological polar surface area (TPSA) is 86.5 Å². The number of nitrogens with zero attached hydrogens (tertiary/aromatic N) is 2. The molecular weight excluding hydrogens is 364 g/mol. The fourth-order valence-electron chi connectivity index (χ4n) is 2.79. The number of hydrogen-bond acceptors (Lipinski definition) is 5. The van der Waals surface area contributed by atoms with E-state index in [2.05, 4.69) is 21.7 Å². The molecule has 6 heteroatoms. The Morgan fingerprint density at radius 2 is 1.86 bits per heavy atom. The van der Waals surface area contributed by atoms with Crippen LogP contribution in [0.15, 0.2) is 53.5 Å². The molecule has 6 nitrogen and oxygen atoms in total. The highest BCUT2D eigenvalue weighted by Gasteiger charge is 2.12. The molecule has 0 heterocycles. The number of anilines is 2. The Labute approximate surface area is 171 Å². The number of aliphatic imine (C=N–C) groups is 1. The van der Waals surface area contributed by atoms with E-state index in [1.807, 2.05) is 57.2 Å². The van der Waals surface area contributed by atoms with Gasteiger partial charge in [0.25, 0.3) is 0 Å². The zero-order valence-corrected chi connectivity index (χ0v) is 17.2. The molecule has 0 radical (unpaired) electrons. The largest absolute Gasteiger partial charge is 0.462 e. The van der Waals surface area contributed by atoms with Gasteiger partial charge in [-0.1, -0.05) is 6.08 Å². The van der Waals surface area contributed by atoms with E-state index in [0.717, 1.165) is 22.5 Å². The first-order chi connectivity index (χ1) is 14.0. The molecule has 0 bridgehead atoms. The summed E-state index contributed by atoms with van der Waals surface area (Å²) in [6.45, 7) is 8.33. The molecule has 0 spiro atoms. The Balaban J connectivity index is 2.13. The molecule has 0 atom stereocenters. The maximum atomic E-state index is 12.0. The fourth-order valence-corrected chi connectivity index (χ4v) is 2.79. The SMILES string of the molecule is C/C=C\C(=N/CNc1ccc(C#N)cc1)Nc1c(C)cc(C(=O)OCC)cc1C. The van der Waals surface area contributed by atoms with Crippen molar-refractivity contribution < 1.29 is 9.53 Å². The van der Waals surface area contributed by atoms with Crippen molar-refractivity contribution in [3.05, 3.63) is 70.8 Å². The van der Waals surface area contributed by atoms with Gasteiger partial charge < -0.3 is 15.4 Å². The van der Waals surface area contributed by atoms with E-state index in [9.17, 15) is 4.79 Å². The quantitative estimate of drug-likeness (QED) is 0.403. The zero-order valence-electron chi connectivity index (χ0n) is 17.2. The first kappa shape index (κ1) is 21.7. The van der Waals surface area contributed by atoms with Crippen molar-refractivity contribution in [3.63, 3.8) is 0 Å². The molecule has 2 rings (SSSR count). The molecule has 2 aromatic carbocycles. The smallest absolute Gasteiger partial charge is 0.338 e. The summed E-state index contributed by atoms with van der Waals surface area (Å²) in [6, 6.07) is 12.9. The van der Waals surface area contributed by atoms with Crippen LogP contribution in [0.2, 0.25) is 0 Å². The number of nitrogens with one attached hydrogen (secondary N) is 2. The molecule has 0 aliphatic heterocycles. The third-order valence-electron chi connectivity index (χ3n) is 4.17. The normalized spacial score (nSPS) is 11.2. The van der Waals surface area contributed by atoms with Gasteiger partial charge in [0.2, 0.25) is 0 Å². The van der Waals surface area contributed by atoms with Gasteiger partial charge in [-0.2, -0.15) is 5.26 Å². The molecule has 0 aliphatic rings. The number of rotatable bonds is 7. The van der Waals surface area contributed by atoms with Crippen molar-refractivity contribution in [1.82, 2.24) is 0 Å². The summed E-state index contributed by atoms with van der Waals surface area (Å²) >= 11 is 0. The van der Waals surface area contributed by atoms with Crippen LogP contribution in [0, 0.1) is 25.2 Å². The van der Waals surface area contributed by atoms with Crippen LogP contribution in [0.1, 0.15) is 40.9 Å². The zero-order chi connectivity index (χ0) is 21.2. The third-order valence-corrected chi connectivity index (χ3v) is 4.17. The van der Waals surface area contributed by atoms with E-state index in [0.29, 0.717) is 30.2 Å². The minimum Gasteiger partial charge on any atom is -0.462 e. The fraction of sp³-hybridized carbons (Fsp3) is 0.261. The molecule has 0 aromatic heterocycles. The van der Waals surface area contributed by atoms with Crippen LogP contribution in [0.4, 0.5) is 11.4 Å². The number of allylic oxidation sites excluding steroid dienone is 1. The van der Waals surface area contributed by atoms with Crippen molar-refractivity contribution in [2.75, 3.05) is 23.9 Å². The molecule has 0 fully saturated rings. The van der Waals surface area contributed by atoms with Gasteiger partial charge in [-0.25, -0.2) is 9.79 Å². The number of aryl methyl sites for hydroxylation is 2. The molecule has 150 valence electrons. The highest BCUT2D eigenvalue weighted by atomic mass is 16.5. The van der Waals surface area contributed by atoms with Crippen LogP contribution in [0.5, 0.6) is 0 Å². The maximum absolute atomic E-state index is 12.0. The third kappa shape index (κ3) is 6.22. The molecule has 29 heavy (non-hydrogen) atoms. The lowest BCUT2D eigenvalue weighted by Gasteiger charge is -2.15. The standard InChI is InChI=1S/C23H26N4O2/c1-5-7-21(26-15-25-20-10-8-18(14-24)9-11-20)27-22-16(3)12-19(13-17(22)4)23(28)29-6-2/h5,7-13,25H,6,15H2,1-4H3,(H,26,27)/b7-5-. The second kappa shape index (κ2) is 10.7. The molecule has 0 saturated carbocycles. The minimum absolute atomic E-state index is 0.320. The summed E-state index contributed by atoms with van der Waals surface area (Å²) in [5.74, 6) is 0.378. The number of ether oxygens (including phenoxy) is 1. The number of amidine groups is 1. The summed E-state index contributed by atoms with van der Waals surface area (Å²) in [6.07, 6.45) is 3.80. The average Bonchev–Trinajstić information content (AvgIpc) is 2.71. The monoisotopic (exact) mass is 390 g/mol. The van der Waals surface area contributed by atoms with Gasteiger partial charge in [0, 0.05) is 11.4 Å². The Morgan fingerprint density at radius 1 is 1.21 bits per heavy atom. The lowest BCUT2D eigenvalue weighted by atomic mass is 10.0. The van der Waals surface area contributed by atoms with E-state index < -0.39 is 0 Å². The van der Waals surface area contributed by atoms with E-state index in [4.69, 9.17) is 10.00 Å². The van der Waals surface area contributed by atoms with Gasteiger partial charge in [-0.05, 0) is 81.3 Å². The molecule has 0 unspecified atom stereocenters. The molecule has 2 N–H and O–H groups in total. The first-order valence-corrected chi connectivity index (χ1v) is 9.45. The van der Waals surface area contributed by atoms with E-state index in [1.165, 1.54) is 0 Å². The van der Waals surface area contributed by atoms with Crippen molar-refractivity contribution in [3.8, 4) is 6.07 Å². The number of esters is 1. The molecule has 2 aromatic rings. The second-order valence-corrected chi connectivity index (χ2v) is 6.40. The van der Waals surface area contributed by atoms with Crippen molar-refractivity contribution in [2.45, 2.75) is 27.7 Å². The Kier molecular flexibility index (Phi) is 7.99. The van der Waals surface area contributed by atoms with Crippen LogP contribution in [0.3, 0.4) is 0 Å². The van der Waals surface area contributed by atoms with Crippen LogP contribution < -0.4 is 10.6 Å². The summed E-state index contributed by atoms with van der Waals surface area (Å²) in [5.41, 5.74) is 4.83. The molecular formula is C23H26N4O2. The molecule has 0 amide bonds. The number of nitriles is 1. The van der Waals surface area contributed by atoms with Gasteiger partial charge in [0.15, 0.2) is 0 Å². The van der Waals surface area contributed by atoms with E-state index in [-0.39, 0.29) is 5.97 Å². The van der Waals surface area contributed by atoms with Gasteiger partial charge in [0.05, 0.1) is 23.8 Å². The van der Waals surface area contributed by atoms with Crippen molar-refractivity contribution in [1.29, 1.82) is 5.26 Å². The maximum Gasteiger partial charge on any atom is 0.338 e. The lowest BCUT2D eigenvalue weighted by molar-refractivity contribution is 0.0526. The Hall–Kier alpha value is -3.59. The number of carbonyl (C=O) groups excluding carboxylic acids is 1. The van der Waals surface area contributed by atoms with Crippen LogP contribution >= 0.6 is 0 Å². The lowest BCUT2D eigenvalue weighted by Crippen LogP contribution is -2.15. The van der Waals surface area contributed by atoms with Gasteiger partial charge in [0.1, 0.15) is 12.5 Å². The highest BCUT2D eigenvalue weighted by Crippen LogP contribution is 2.23. The molecule has 0 aliphatic carbocycles. The van der Waals surface area contributed by atoms with Gasteiger partial charge in [-0.3, -0.25) is 0 Å². The van der Waals surface area contributed by atoms with Crippen molar-refractivity contribution >= 4 is 23.2 Å². The van der Waals surface area contributed by atoms with Gasteiger partial charge >= 0.3 is 5.97 Å². The summed E-state index contributed by atoms with van der Waals surface area (Å²) < 4.78 is 5.09. The predicted octanol–water partition coefficient (Wildman–Crippen LogP) is 4.81.